The van der Waals surface area contributed by atoms with E-state index in [2.05, 4.69) is 66.2 Å². The summed E-state index contributed by atoms with van der Waals surface area (Å²) in [6, 6.07) is 13.2. The maximum absolute atomic E-state index is 5.95. The van der Waals surface area contributed by atoms with Gasteiger partial charge in [0.15, 0.2) is 0 Å². The maximum Gasteiger partial charge on any atom is 0.0186 e. The lowest BCUT2D eigenvalue weighted by atomic mass is 10.1. The molecule has 2 aromatic carbocycles. The van der Waals surface area contributed by atoms with Crippen LogP contribution in [0.15, 0.2) is 50.7 Å². The van der Waals surface area contributed by atoms with E-state index in [0.29, 0.717) is 0 Å². The molecule has 0 aliphatic rings. The van der Waals surface area contributed by atoms with Crippen LogP contribution in [0.3, 0.4) is 0 Å². The van der Waals surface area contributed by atoms with Gasteiger partial charge in [-0.3, -0.25) is 0 Å². The van der Waals surface area contributed by atoms with Gasteiger partial charge in [0.2, 0.25) is 0 Å². The van der Waals surface area contributed by atoms with Crippen LogP contribution in [-0.4, -0.2) is 6.04 Å². The molecule has 20 heavy (non-hydrogen) atoms. The number of aryl methyl sites for hydroxylation is 2. The van der Waals surface area contributed by atoms with Crippen molar-refractivity contribution in [1.82, 2.24) is 0 Å². The minimum Gasteiger partial charge on any atom is -0.328 e. The van der Waals surface area contributed by atoms with Crippen molar-refractivity contribution in [3.8, 4) is 0 Å². The molecule has 0 aliphatic heterocycles. The summed E-state index contributed by atoms with van der Waals surface area (Å²) in [6.07, 6.45) is 0.903. The molecule has 0 saturated carbocycles. The van der Waals surface area contributed by atoms with Gasteiger partial charge in [0.25, 0.3) is 0 Å². The highest BCUT2D eigenvalue weighted by Crippen LogP contribution is 2.35. The minimum absolute atomic E-state index is 0.176. The monoisotopic (exact) mass is 349 g/mol. The summed E-state index contributed by atoms with van der Waals surface area (Å²) in [7, 11) is 0. The molecule has 0 amide bonds. The molecular weight excluding hydrogens is 330 g/mol. The number of hydrogen-bond donors (Lipinski definition) is 1. The molecule has 106 valence electrons. The van der Waals surface area contributed by atoms with Gasteiger partial charge < -0.3 is 5.73 Å². The Bertz CT molecular complexity index is 608. The van der Waals surface area contributed by atoms with Gasteiger partial charge in [-0.2, -0.15) is 0 Å². The normalized spacial score (nSPS) is 12.4. The fourth-order valence-electron chi connectivity index (χ4n) is 2.17. The molecular formula is C17H20BrNS. The van der Waals surface area contributed by atoms with E-state index in [1.165, 1.54) is 26.5 Å². The van der Waals surface area contributed by atoms with Crippen molar-refractivity contribution in [2.45, 2.75) is 43.0 Å². The van der Waals surface area contributed by atoms with Gasteiger partial charge in [0.1, 0.15) is 0 Å². The Kier molecular flexibility index (Phi) is 5.30. The van der Waals surface area contributed by atoms with Crippen molar-refractivity contribution in [2.75, 3.05) is 0 Å². The molecule has 1 unspecified atom stereocenters. The van der Waals surface area contributed by atoms with Gasteiger partial charge in [-0.25, -0.2) is 0 Å². The number of hydrogen-bond acceptors (Lipinski definition) is 2. The van der Waals surface area contributed by atoms with Crippen LogP contribution in [0.4, 0.5) is 0 Å². The first-order chi connectivity index (χ1) is 9.45. The van der Waals surface area contributed by atoms with Crippen LogP contribution >= 0.6 is 27.7 Å². The highest BCUT2D eigenvalue weighted by atomic mass is 79.9. The van der Waals surface area contributed by atoms with Crippen LogP contribution in [0.25, 0.3) is 0 Å². The average molecular weight is 350 g/mol. The van der Waals surface area contributed by atoms with E-state index in [1.807, 2.05) is 18.7 Å². The first-order valence-corrected chi connectivity index (χ1v) is 8.36. The Morgan fingerprint density at radius 2 is 1.85 bits per heavy atom. The zero-order valence-corrected chi connectivity index (χ0v) is 14.5. The topological polar surface area (TPSA) is 26.0 Å². The number of rotatable bonds is 4. The third-order valence-corrected chi connectivity index (χ3v) is 4.89. The van der Waals surface area contributed by atoms with Crippen molar-refractivity contribution in [3.05, 3.63) is 57.6 Å². The summed E-state index contributed by atoms with van der Waals surface area (Å²) in [5.41, 5.74) is 9.89. The average Bonchev–Trinajstić information content (AvgIpc) is 2.35. The van der Waals surface area contributed by atoms with E-state index in [4.69, 9.17) is 5.73 Å². The smallest absolute Gasteiger partial charge is 0.0186 e. The quantitative estimate of drug-likeness (QED) is 0.830. The van der Waals surface area contributed by atoms with E-state index in [9.17, 15) is 0 Å². The van der Waals surface area contributed by atoms with Crippen molar-refractivity contribution < 1.29 is 0 Å². The molecule has 0 aliphatic carbocycles. The van der Waals surface area contributed by atoms with Gasteiger partial charge in [0.05, 0.1) is 0 Å². The molecule has 1 atom stereocenters. The van der Waals surface area contributed by atoms with Gasteiger partial charge in [-0.15, -0.1) is 0 Å². The van der Waals surface area contributed by atoms with E-state index in [1.54, 1.807) is 0 Å². The number of halogens is 1. The molecule has 2 rings (SSSR count). The summed E-state index contributed by atoms with van der Waals surface area (Å²) in [4.78, 5) is 2.59. The summed E-state index contributed by atoms with van der Waals surface area (Å²) >= 11 is 5.38. The van der Waals surface area contributed by atoms with Gasteiger partial charge in [-0.05, 0) is 56.5 Å². The van der Waals surface area contributed by atoms with Crippen molar-refractivity contribution >= 4 is 27.7 Å². The third kappa shape index (κ3) is 4.11. The van der Waals surface area contributed by atoms with E-state index < -0.39 is 0 Å². The van der Waals surface area contributed by atoms with Crippen LogP contribution in [0, 0.1) is 13.8 Å². The van der Waals surface area contributed by atoms with Crippen LogP contribution in [0.2, 0.25) is 0 Å². The Labute approximate surface area is 134 Å². The predicted octanol–water partition coefficient (Wildman–Crippen LogP) is 5.11. The zero-order valence-electron chi connectivity index (χ0n) is 12.1. The second kappa shape index (κ2) is 6.79. The standard InChI is InChI=1S/C17H20BrNS/c1-11-4-7-16(12(2)8-11)20-17-10-15(18)6-5-14(17)9-13(3)19/h4-8,10,13H,9,19H2,1-3H3. The molecule has 0 aromatic heterocycles. The Balaban J connectivity index is 2.34. The van der Waals surface area contributed by atoms with Crippen molar-refractivity contribution in [1.29, 1.82) is 0 Å². The summed E-state index contributed by atoms with van der Waals surface area (Å²) in [5, 5.41) is 0. The van der Waals surface area contributed by atoms with Crippen molar-refractivity contribution in [3.63, 3.8) is 0 Å². The molecule has 0 heterocycles. The summed E-state index contributed by atoms with van der Waals surface area (Å²) < 4.78 is 1.11. The largest absolute Gasteiger partial charge is 0.328 e. The molecule has 0 bridgehead atoms. The lowest BCUT2D eigenvalue weighted by Gasteiger charge is -2.13. The van der Waals surface area contributed by atoms with Crippen LogP contribution < -0.4 is 5.73 Å². The van der Waals surface area contributed by atoms with E-state index >= 15 is 0 Å². The maximum atomic E-state index is 5.95. The molecule has 1 nitrogen and oxygen atoms in total. The Morgan fingerprint density at radius 1 is 1.10 bits per heavy atom. The van der Waals surface area contributed by atoms with E-state index in [-0.39, 0.29) is 6.04 Å². The zero-order chi connectivity index (χ0) is 14.7. The number of benzene rings is 2. The van der Waals surface area contributed by atoms with Crippen LogP contribution in [0.5, 0.6) is 0 Å². The Hall–Kier alpha value is -0.770. The lowest BCUT2D eigenvalue weighted by Crippen LogP contribution is -2.18. The van der Waals surface area contributed by atoms with Gasteiger partial charge >= 0.3 is 0 Å². The fraction of sp³-hybridized carbons (Fsp3) is 0.294. The van der Waals surface area contributed by atoms with Crippen LogP contribution in [0.1, 0.15) is 23.6 Å². The highest BCUT2D eigenvalue weighted by Gasteiger charge is 2.09. The second-order valence-corrected chi connectivity index (χ2v) is 7.30. The first-order valence-electron chi connectivity index (χ1n) is 6.75. The van der Waals surface area contributed by atoms with Gasteiger partial charge in [-0.1, -0.05) is 51.5 Å². The molecule has 2 N–H and O–H groups in total. The number of nitrogens with two attached hydrogens (primary N) is 1. The highest BCUT2D eigenvalue weighted by molar-refractivity contribution is 9.10. The van der Waals surface area contributed by atoms with Crippen LogP contribution in [-0.2, 0) is 6.42 Å². The molecule has 3 heteroatoms. The molecule has 0 fully saturated rings. The molecule has 2 aromatic rings. The second-order valence-electron chi connectivity index (χ2n) is 5.30. The SMILES string of the molecule is Cc1ccc(Sc2cc(Br)ccc2CC(C)N)c(C)c1. The molecule has 0 radical (unpaired) electrons. The Morgan fingerprint density at radius 3 is 2.50 bits per heavy atom. The molecule has 0 spiro atoms. The summed E-state index contributed by atoms with van der Waals surface area (Å²) in [5.74, 6) is 0. The molecule has 0 saturated heterocycles. The van der Waals surface area contributed by atoms with Crippen molar-refractivity contribution in [2.24, 2.45) is 5.73 Å². The van der Waals surface area contributed by atoms with E-state index in [0.717, 1.165) is 10.9 Å². The lowest BCUT2D eigenvalue weighted by molar-refractivity contribution is 0.729. The fourth-order valence-corrected chi connectivity index (χ4v) is 3.75. The predicted molar refractivity (Wildman–Crippen MR) is 91.5 cm³/mol. The van der Waals surface area contributed by atoms with Gasteiger partial charge in [0, 0.05) is 20.3 Å². The first kappa shape index (κ1) is 15.6. The minimum atomic E-state index is 0.176. The summed E-state index contributed by atoms with van der Waals surface area (Å²) in [6.45, 7) is 6.34. The third-order valence-electron chi connectivity index (χ3n) is 3.12.